The van der Waals surface area contributed by atoms with Crippen LogP contribution in [0.1, 0.15) is 31.7 Å². The van der Waals surface area contributed by atoms with E-state index in [0.29, 0.717) is 19.4 Å². The number of hydrogen-bond acceptors (Lipinski definition) is 4. The van der Waals surface area contributed by atoms with Crippen LogP contribution in [0.3, 0.4) is 0 Å². The van der Waals surface area contributed by atoms with Crippen molar-refractivity contribution in [2.45, 2.75) is 51.2 Å². The van der Waals surface area contributed by atoms with Gasteiger partial charge in [-0.25, -0.2) is 0 Å². The highest BCUT2D eigenvalue weighted by Gasteiger charge is 2.61. The third-order valence-electron chi connectivity index (χ3n) is 6.28. The number of nitrogens with zero attached hydrogens (tertiary/aromatic N) is 2. The highest BCUT2D eigenvalue weighted by molar-refractivity contribution is 5.84. The molecule has 2 bridgehead atoms. The molecule has 29 heavy (non-hydrogen) atoms. The first-order valence-corrected chi connectivity index (χ1v) is 10.2. The largest absolute Gasteiger partial charge is 0.465 e. The summed E-state index contributed by atoms with van der Waals surface area (Å²) in [6, 6.07) is 14.6. The molecule has 2 aliphatic heterocycles. The average Bonchev–Trinajstić information content (AvgIpc) is 3.27. The molecule has 0 saturated carbocycles. The molecule has 0 spiro atoms. The fourth-order valence-corrected chi connectivity index (χ4v) is 5.09. The van der Waals surface area contributed by atoms with Crippen molar-refractivity contribution in [3.05, 3.63) is 70.6 Å². The van der Waals surface area contributed by atoms with Gasteiger partial charge in [0.1, 0.15) is 6.54 Å². The summed E-state index contributed by atoms with van der Waals surface area (Å²) < 4.78 is 6.91. The van der Waals surface area contributed by atoms with Gasteiger partial charge in [0.2, 0.25) is 5.91 Å². The zero-order valence-electron chi connectivity index (χ0n) is 16.6. The van der Waals surface area contributed by atoms with Crippen molar-refractivity contribution in [1.29, 1.82) is 0 Å². The third kappa shape index (κ3) is 3.48. The van der Waals surface area contributed by atoms with Gasteiger partial charge < -0.3 is 14.2 Å². The van der Waals surface area contributed by atoms with Crippen LogP contribution in [0.5, 0.6) is 0 Å². The molecule has 2 saturated heterocycles. The summed E-state index contributed by atoms with van der Waals surface area (Å²) in [4.78, 5) is 40.2. The van der Waals surface area contributed by atoms with Crippen LogP contribution in [-0.4, -0.2) is 40.0 Å². The summed E-state index contributed by atoms with van der Waals surface area (Å²) in [7, 11) is 0. The number of ether oxygens (including phenoxy) is 1. The Morgan fingerprint density at radius 2 is 1.86 bits per heavy atom. The number of fused-ring (bicyclic) bond motifs is 2. The summed E-state index contributed by atoms with van der Waals surface area (Å²) in [5.74, 6) is -0.323. The molecule has 1 aromatic carbocycles. The minimum Gasteiger partial charge on any atom is -0.465 e. The van der Waals surface area contributed by atoms with E-state index in [1.165, 1.54) is 10.6 Å². The van der Waals surface area contributed by atoms with Gasteiger partial charge >= 0.3 is 5.97 Å². The molecule has 3 atom stereocenters. The first kappa shape index (κ1) is 19.4. The second-order valence-corrected chi connectivity index (χ2v) is 7.96. The Hall–Kier alpha value is -2.89. The van der Waals surface area contributed by atoms with Gasteiger partial charge in [-0.15, -0.1) is 0 Å². The average molecular weight is 394 g/mol. The zero-order valence-corrected chi connectivity index (χ0v) is 16.6. The molecule has 3 heterocycles. The second-order valence-electron chi connectivity index (χ2n) is 7.96. The number of aromatic nitrogens is 1. The maximum atomic E-state index is 13.2. The number of amides is 1. The zero-order chi connectivity index (χ0) is 20.4. The topological polar surface area (TPSA) is 68.6 Å². The molecule has 0 N–H and O–H groups in total. The molecule has 1 aromatic heterocycles. The van der Waals surface area contributed by atoms with E-state index in [1.807, 2.05) is 42.2 Å². The number of carbonyl (C=O) groups excluding carboxylic acids is 2. The minimum atomic E-state index is -0.725. The van der Waals surface area contributed by atoms with Crippen LogP contribution >= 0.6 is 0 Å². The Labute approximate surface area is 170 Å². The van der Waals surface area contributed by atoms with E-state index < -0.39 is 5.41 Å². The van der Waals surface area contributed by atoms with Crippen molar-refractivity contribution < 1.29 is 14.3 Å². The minimum absolute atomic E-state index is 0.00306. The number of benzene rings is 1. The lowest BCUT2D eigenvalue weighted by molar-refractivity contribution is -0.158. The van der Waals surface area contributed by atoms with E-state index in [9.17, 15) is 14.4 Å². The molecule has 6 nitrogen and oxygen atoms in total. The Kier molecular flexibility index (Phi) is 5.26. The molecular formula is C23H26N2O4. The first-order valence-electron chi connectivity index (χ1n) is 10.2. The fraction of sp³-hybridized carbons (Fsp3) is 0.435. The van der Waals surface area contributed by atoms with Crippen molar-refractivity contribution >= 4 is 11.9 Å². The Morgan fingerprint density at radius 3 is 2.59 bits per heavy atom. The monoisotopic (exact) mass is 394 g/mol. The van der Waals surface area contributed by atoms with Crippen molar-refractivity contribution in [3.8, 4) is 0 Å². The van der Waals surface area contributed by atoms with Gasteiger partial charge in [-0.1, -0.05) is 36.4 Å². The van der Waals surface area contributed by atoms with Crippen LogP contribution < -0.4 is 5.56 Å². The molecule has 2 fully saturated rings. The molecule has 0 aliphatic carbocycles. The molecule has 4 rings (SSSR count). The number of hydrogen-bond donors (Lipinski definition) is 0. The molecule has 0 radical (unpaired) electrons. The SMILES string of the molecule is CCOC(=O)[C@@]1(Cc2ccccc2)C[C@H]2CC[C@@H]1N2C(=O)Cn1ccccc1=O. The highest BCUT2D eigenvalue weighted by Crippen LogP contribution is 2.52. The van der Waals surface area contributed by atoms with E-state index in [1.54, 1.807) is 18.3 Å². The molecule has 2 aromatic rings. The maximum Gasteiger partial charge on any atom is 0.314 e. The van der Waals surface area contributed by atoms with Crippen LogP contribution in [0.25, 0.3) is 0 Å². The summed E-state index contributed by atoms with van der Waals surface area (Å²) in [5, 5.41) is 0. The van der Waals surface area contributed by atoms with Crippen LogP contribution in [-0.2, 0) is 27.3 Å². The molecule has 6 heteroatoms. The maximum absolute atomic E-state index is 13.2. The van der Waals surface area contributed by atoms with Crippen LogP contribution in [0.15, 0.2) is 59.5 Å². The second kappa shape index (κ2) is 7.85. The van der Waals surface area contributed by atoms with Crippen molar-refractivity contribution in [1.82, 2.24) is 9.47 Å². The Balaban J connectivity index is 1.63. The van der Waals surface area contributed by atoms with Gasteiger partial charge in [0.15, 0.2) is 0 Å². The Morgan fingerprint density at radius 1 is 1.10 bits per heavy atom. The van der Waals surface area contributed by atoms with Gasteiger partial charge in [0, 0.05) is 24.3 Å². The van der Waals surface area contributed by atoms with E-state index in [0.717, 1.165) is 18.4 Å². The van der Waals surface area contributed by atoms with Crippen molar-refractivity contribution in [2.75, 3.05) is 6.61 Å². The molecule has 1 amide bonds. The van der Waals surface area contributed by atoms with Crippen LogP contribution in [0.4, 0.5) is 0 Å². The van der Waals surface area contributed by atoms with E-state index in [-0.39, 0.29) is 36.1 Å². The third-order valence-corrected chi connectivity index (χ3v) is 6.28. The predicted octanol–water partition coefficient (Wildman–Crippen LogP) is 2.40. The van der Waals surface area contributed by atoms with Crippen molar-refractivity contribution in [2.24, 2.45) is 5.41 Å². The van der Waals surface area contributed by atoms with E-state index >= 15 is 0 Å². The van der Waals surface area contributed by atoms with Gasteiger partial charge in [0.25, 0.3) is 5.56 Å². The highest BCUT2D eigenvalue weighted by atomic mass is 16.5. The van der Waals surface area contributed by atoms with E-state index in [2.05, 4.69) is 0 Å². The number of esters is 1. The quantitative estimate of drug-likeness (QED) is 0.706. The number of carbonyl (C=O) groups is 2. The van der Waals surface area contributed by atoms with Crippen molar-refractivity contribution in [3.63, 3.8) is 0 Å². The van der Waals surface area contributed by atoms with Gasteiger partial charge in [0.05, 0.1) is 12.0 Å². The smallest absolute Gasteiger partial charge is 0.314 e. The lowest BCUT2D eigenvalue weighted by Gasteiger charge is -2.35. The van der Waals surface area contributed by atoms with Crippen LogP contribution in [0, 0.1) is 5.41 Å². The summed E-state index contributed by atoms with van der Waals surface area (Å²) >= 11 is 0. The lowest BCUT2D eigenvalue weighted by Crippen LogP contribution is -2.48. The number of rotatable bonds is 6. The molecule has 0 unspecified atom stereocenters. The summed E-state index contributed by atoms with van der Waals surface area (Å²) in [6.07, 6.45) is 4.46. The molecule has 152 valence electrons. The normalized spacial score (nSPS) is 25.2. The summed E-state index contributed by atoms with van der Waals surface area (Å²) in [5.41, 5.74) is 0.144. The first-order chi connectivity index (χ1) is 14.0. The Bertz CT molecular complexity index is 955. The van der Waals surface area contributed by atoms with Gasteiger partial charge in [-0.2, -0.15) is 0 Å². The molecular weight excluding hydrogens is 368 g/mol. The fourth-order valence-electron chi connectivity index (χ4n) is 5.09. The predicted molar refractivity (Wildman–Crippen MR) is 108 cm³/mol. The molecule has 2 aliphatic rings. The van der Waals surface area contributed by atoms with Crippen LogP contribution in [0.2, 0.25) is 0 Å². The number of pyridine rings is 1. The van der Waals surface area contributed by atoms with E-state index in [4.69, 9.17) is 4.74 Å². The summed E-state index contributed by atoms with van der Waals surface area (Å²) in [6.45, 7) is 2.13. The van der Waals surface area contributed by atoms with Gasteiger partial charge in [-0.05, 0) is 44.2 Å². The standard InChI is InChI=1S/C23H26N2O4/c1-2-29-22(28)23(14-17-8-4-3-5-9-17)15-18-11-12-19(23)25(18)21(27)16-24-13-7-6-10-20(24)26/h3-10,13,18-19H,2,11-12,14-16H2,1H3/t18-,19+,23+/m1/s1. The lowest BCUT2D eigenvalue weighted by atomic mass is 9.70. The van der Waals surface area contributed by atoms with Gasteiger partial charge in [-0.3, -0.25) is 14.4 Å².